The number of methoxy groups -OCH3 is 1. The molecule has 2 aromatic rings. The van der Waals surface area contributed by atoms with E-state index in [2.05, 4.69) is 15.6 Å². The van der Waals surface area contributed by atoms with Gasteiger partial charge in [0.05, 0.1) is 22.0 Å². The summed E-state index contributed by atoms with van der Waals surface area (Å²) in [7, 11) is -1.50. The third-order valence-corrected chi connectivity index (χ3v) is 4.67. The number of rotatable bonds is 7. The molecule has 0 spiro atoms. The van der Waals surface area contributed by atoms with Crippen LogP contribution in [0, 0.1) is 0 Å². The maximum Gasteiger partial charge on any atom is 0.351 e. The molecule has 10 heteroatoms. The van der Waals surface area contributed by atoms with Gasteiger partial charge in [-0.15, -0.1) is 0 Å². The molecule has 160 valence electrons. The SMILES string of the molecule is [2H]C([3H])OC[C@H]1O[C@@H](n2ccc(NC(=O)c3ccc(CO)cc3)nc2=O)CC1NC(C)=O. The number of hydrogen-bond acceptors (Lipinski definition) is 7. The van der Waals surface area contributed by atoms with Crippen molar-refractivity contribution < 1.29 is 26.9 Å². The number of benzene rings is 1. The standard InChI is InChI=1S/C20H24N4O6/c1-12(26)21-15-9-18(30-16(15)11-29-2)24-8-7-17(23-20(24)28)22-19(27)14-5-3-13(10-25)4-6-14/h3-8,15-16,18,25H,9-11H2,1-2H3,(H,21,26)(H,22,23,27,28)/t15?,16-,18-/m1/s1/i2TD/t2?,15?,16-,18-. The lowest BCUT2D eigenvalue weighted by molar-refractivity contribution is -0.120. The number of nitrogens with one attached hydrogen (secondary N) is 2. The zero-order chi connectivity index (χ0) is 23.3. The molecular weight excluding hydrogens is 392 g/mol. The highest BCUT2D eigenvalue weighted by Gasteiger charge is 2.37. The van der Waals surface area contributed by atoms with Crippen LogP contribution in [0.1, 0.15) is 38.2 Å². The fraction of sp³-hybridized carbons (Fsp3) is 0.400. The molecule has 1 aromatic heterocycles. The molecule has 1 aromatic carbocycles. The third-order valence-electron chi connectivity index (χ3n) is 4.67. The van der Waals surface area contributed by atoms with Gasteiger partial charge in [-0.2, -0.15) is 4.98 Å². The van der Waals surface area contributed by atoms with Gasteiger partial charge in [-0.25, -0.2) is 4.79 Å². The highest BCUT2D eigenvalue weighted by Crippen LogP contribution is 2.28. The van der Waals surface area contributed by atoms with E-state index >= 15 is 0 Å². The van der Waals surface area contributed by atoms with Gasteiger partial charge in [-0.05, 0) is 23.8 Å². The van der Waals surface area contributed by atoms with Gasteiger partial charge in [0.25, 0.3) is 5.91 Å². The van der Waals surface area contributed by atoms with Crippen molar-refractivity contribution >= 4 is 17.6 Å². The number of nitrogens with zero attached hydrogens (tertiary/aromatic N) is 2. The molecule has 0 radical (unpaired) electrons. The van der Waals surface area contributed by atoms with Crippen LogP contribution in [0.25, 0.3) is 0 Å². The Kier molecular flexibility index (Phi) is 6.06. The fourth-order valence-electron chi connectivity index (χ4n) is 3.22. The summed E-state index contributed by atoms with van der Waals surface area (Å²) in [4.78, 5) is 40.3. The molecule has 1 saturated heterocycles. The number of aliphatic hydroxyl groups excluding tert-OH is 1. The van der Waals surface area contributed by atoms with Crippen molar-refractivity contribution in [2.24, 2.45) is 0 Å². The van der Waals surface area contributed by atoms with Gasteiger partial charge in [0.2, 0.25) is 5.91 Å². The lowest BCUT2D eigenvalue weighted by Gasteiger charge is -2.17. The predicted molar refractivity (Wildman–Crippen MR) is 107 cm³/mol. The van der Waals surface area contributed by atoms with Gasteiger partial charge in [-0.1, -0.05) is 12.1 Å². The van der Waals surface area contributed by atoms with Gasteiger partial charge < -0.3 is 25.2 Å². The molecule has 10 nitrogen and oxygen atoms in total. The number of anilines is 1. The Morgan fingerprint density at radius 3 is 2.83 bits per heavy atom. The maximum absolute atomic E-state index is 12.5. The monoisotopic (exact) mass is 419 g/mol. The molecule has 30 heavy (non-hydrogen) atoms. The predicted octanol–water partition coefficient (Wildman–Crippen LogP) is 0.426. The Hall–Kier alpha value is -3.08. The van der Waals surface area contributed by atoms with Crippen LogP contribution in [-0.2, 0) is 20.9 Å². The quantitative estimate of drug-likeness (QED) is 0.593. The zero-order valence-corrected chi connectivity index (χ0v) is 16.3. The summed E-state index contributed by atoms with van der Waals surface area (Å²) in [5, 5.41) is 14.3. The second-order valence-corrected chi connectivity index (χ2v) is 6.82. The van der Waals surface area contributed by atoms with Crippen LogP contribution in [0.15, 0.2) is 41.3 Å². The summed E-state index contributed by atoms with van der Waals surface area (Å²) in [6, 6.07) is 7.32. The second kappa shape index (κ2) is 9.61. The van der Waals surface area contributed by atoms with E-state index in [1.165, 1.54) is 23.8 Å². The Labute approximate surface area is 175 Å². The van der Waals surface area contributed by atoms with Crippen molar-refractivity contribution in [2.45, 2.75) is 38.3 Å². The van der Waals surface area contributed by atoms with E-state index in [9.17, 15) is 14.4 Å². The Bertz CT molecular complexity index is 1010. The van der Waals surface area contributed by atoms with Crippen molar-refractivity contribution in [1.82, 2.24) is 14.9 Å². The first-order valence-corrected chi connectivity index (χ1v) is 9.26. The molecule has 0 aliphatic carbocycles. The number of aliphatic hydroxyl groups is 1. The van der Waals surface area contributed by atoms with Crippen molar-refractivity contribution in [3.05, 3.63) is 58.1 Å². The van der Waals surface area contributed by atoms with Crippen LogP contribution in [0.5, 0.6) is 0 Å². The number of hydrogen-bond donors (Lipinski definition) is 3. The Morgan fingerprint density at radius 2 is 2.20 bits per heavy atom. The van der Waals surface area contributed by atoms with Crippen LogP contribution < -0.4 is 16.3 Å². The largest absolute Gasteiger partial charge is 0.392 e. The van der Waals surface area contributed by atoms with E-state index in [0.717, 1.165) is 0 Å². The molecule has 2 unspecified atom stereocenters. The minimum absolute atomic E-state index is 0.0602. The highest BCUT2D eigenvalue weighted by molar-refractivity contribution is 6.03. The van der Waals surface area contributed by atoms with Crippen LogP contribution >= 0.6 is 0 Å². The average Bonchev–Trinajstić information content (AvgIpc) is 3.14. The van der Waals surface area contributed by atoms with Crippen LogP contribution in [0.3, 0.4) is 0 Å². The summed E-state index contributed by atoms with van der Waals surface area (Å²) < 4.78 is 26.3. The van der Waals surface area contributed by atoms with Crippen molar-refractivity contribution in [1.29, 1.82) is 0 Å². The molecule has 2 heterocycles. The third kappa shape index (κ3) is 5.09. The molecule has 2 amide bonds. The van der Waals surface area contributed by atoms with E-state index in [0.29, 0.717) is 11.1 Å². The zero-order valence-electron chi connectivity index (χ0n) is 18.3. The first-order valence-electron chi connectivity index (χ1n) is 10.4. The molecule has 1 aliphatic rings. The van der Waals surface area contributed by atoms with Crippen LogP contribution in [0.2, 0.25) is 0 Å². The van der Waals surface area contributed by atoms with Crippen molar-refractivity contribution in [3.63, 3.8) is 0 Å². The highest BCUT2D eigenvalue weighted by atomic mass is 16.5. The van der Waals surface area contributed by atoms with Gasteiger partial charge >= 0.3 is 5.69 Å². The maximum atomic E-state index is 12.5. The molecule has 0 saturated carbocycles. The summed E-state index contributed by atoms with van der Waals surface area (Å²) in [6.45, 7) is 1.13. The van der Waals surface area contributed by atoms with E-state index in [4.69, 9.17) is 17.3 Å². The number of aromatic nitrogens is 2. The number of carbonyl (C=O) groups is 2. The van der Waals surface area contributed by atoms with Crippen molar-refractivity contribution in [2.75, 3.05) is 19.0 Å². The molecule has 3 rings (SSSR count). The molecule has 1 aliphatic heterocycles. The second-order valence-electron chi connectivity index (χ2n) is 6.82. The van der Waals surface area contributed by atoms with E-state index < -0.39 is 37.0 Å². The number of amides is 2. The lowest BCUT2D eigenvalue weighted by Crippen LogP contribution is -2.41. The van der Waals surface area contributed by atoms with Gasteiger partial charge in [0, 0.05) is 32.2 Å². The Balaban J connectivity index is 1.70. The van der Waals surface area contributed by atoms with Crippen LogP contribution in [-0.4, -0.2) is 52.3 Å². The summed E-state index contributed by atoms with van der Waals surface area (Å²) in [6.07, 6.45) is 0.302. The minimum Gasteiger partial charge on any atom is -0.392 e. The lowest BCUT2D eigenvalue weighted by atomic mass is 10.1. The topological polar surface area (TPSA) is 132 Å². The summed E-state index contributed by atoms with van der Waals surface area (Å²) in [5.41, 5.74) is 0.349. The first-order chi connectivity index (χ1) is 15.3. The number of ether oxygens (including phenoxy) is 2. The van der Waals surface area contributed by atoms with Gasteiger partial charge in [0.15, 0.2) is 0 Å². The molecule has 0 bridgehead atoms. The molecule has 1 fully saturated rings. The van der Waals surface area contributed by atoms with Gasteiger partial charge in [-0.3, -0.25) is 14.2 Å². The van der Waals surface area contributed by atoms with Crippen molar-refractivity contribution in [3.8, 4) is 0 Å². The van der Waals surface area contributed by atoms with E-state index in [1.807, 2.05) is 0 Å². The van der Waals surface area contributed by atoms with E-state index in [1.54, 1.807) is 24.3 Å². The summed E-state index contributed by atoms with van der Waals surface area (Å²) >= 11 is 0. The fourth-order valence-corrected chi connectivity index (χ4v) is 3.22. The first kappa shape index (κ1) is 18.9. The van der Waals surface area contributed by atoms with Gasteiger partial charge in [0.1, 0.15) is 18.1 Å². The molecule has 3 N–H and O–H groups in total. The van der Waals surface area contributed by atoms with Crippen LogP contribution in [0.4, 0.5) is 5.82 Å². The average molecular weight is 419 g/mol. The normalized spacial score (nSPS) is 22.7. The summed E-state index contributed by atoms with van der Waals surface area (Å²) in [5.74, 6) is -0.683. The number of carbonyl (C=O) groups excluding carboxylic acids is 2. The van der Waals surface area contributed by atoms with E-state index in [-0.39, 0.29) is 31.4 Å². The minimum atomic E-state index is -1.50. The Morgan fingerprint density at radius 1 is 1.43 bits per heavy atom. The molecular formula is C20H24N4O6. The molecule has 4 atom stereocenters. The smallest absolute Gasteiger partial charge is 0.351 e.